The molecule has 0 saturated heterocycles. The van der Waals surface area contributed by atoms with Crippen molar-refractivity contribution in [3.8, 4) is 0 Å². The van der Waals surface area contributed by atoms with Crippen molar-refractivity contribution >= 4 is 17.3 Å². The maximum atomic E-state index is 13.0. The molecule has 1 aliphatic heterocycles. The van der Waals surface area contributed by atoms with Gasteiger partial charge in [-0.1, -0.05) is 25.1 Å². The third-order valence-electron chi connectivity index (χ3n) is 2.27. The molecule has 1 aromatic rings. The van der Waals surface area contributed by atoms with Crippen LogP contribution in [0.5, 0.6) is 0 Å². The van der Waals surface area contributed by atoms with Crippen molar-refractivity contribution in [1.29, 1.82) is 0 Å². The first kappa shape index (κ1) is 14.8. The fourth-order valence-corrected chi connectivity index (χ4v) is 1.60. The van der Waals surface area contributed by atoms with Gasteiger partial charge >= 0.3 is 0 Å². The van der Waals surface area contributed by atoms with Crippen LogP contribution in [0.1, 0.15) is 12.0 Å². The summed E-state index contributed by atoms with van der Waals surface area (Å²) in [6.07, 6.45) is 3.42. The molecule has 0 fully saturated rings. The van der Waals surface area contributed by atoms with Crippen LogP contribution in [0, 0.1) is 17.7 Å². The SMILES string of the molecule is C=C1NC(c2cc(F)cc(F)c2)=[C-]CC1Cl.[Y]. The summed E-state index contributed by atoms with van der Waals surface area (Å²) in [6, 6.07) is 3.30. The average molecular weight is 330 g/mol. The van der Waals surface area contributed by atoms with E-state index in [2.05, 4.69) is 18.0 Å². The van der Waals surface area contributed by atoms with Crippen molar-refractivity contribution in [3.63, 3.8) is 0 Å². The van der Waals surface area contributed by atoms with Crippen molar-refractivity contribution in [2.24, 2.45) is 0 Å². The summed E-state index contributed by atoms with van der Waals surface area (Å²) in [5, 5.41) is 2.65. The van der Waals surface area contributed by atoms with E-state index in [1.807, 2.05) is 0 Å². The van der Waals surface area contributed by atoms with Gasteiger partial charge in [0.1, 0.15) is 11.6 Å². The summed E-state index contributed by atoms with van der Waals surface area (Å²) in [5.41, 5.74) is 1.53. The van der Waals surface area contributed by atoms with Crippen LogP contribution in [0.15, 0.2) is 30.5 Å². The number of halogens is 3. The van der Waals surface area contributed by atoms with Gasteiger partial charge in [-0.15, -0.1) is 22.9 Å². The molecule has 1 nitrogen and oxygen atoms in total. The smallest absolute Gasteiger partial charge is 0.109 e. The van der Waals surface area contributed by atoms with Crippen molar-refractivity contribution in [2.45, 2.75) is 11.8 Å². The van der Waals surface area contributed by atoms with Crippen LogP contribution in [0.25, 0.3) is 5.70 Å². The summed E-state index contributed by atoms with van der Waals surface area (Å²) in [5.74, 6) is -1.24. The molecule has 17 heavy (non-hydrogen) atoms. The van der Waals surface area contributed by atoms with E-state index < -0.39 is 11.6 Å². The zero-order valence-corrected chi connectivity index (χ0v) is 12.5. The van der Waals surface area contributed by atoms with Crippen molar-refractivity contribution < 1.29 is 41.5 Å². The van der Waals surface area contributed by atoms with E-state index in [0.717, 1.165) is 6.07 Å². The molecule has 0 spiro atoms. The largest absolute Gasteiger partial charge is 0.392 e. The minimum atomic E-state index is -0.621. The van der Waals surface area contributed by atoms with Gasteiger partial charge in [0.2, 0.25) is 0 Å². The Morgan fingerprint density at radius 3 is 2.41 bits per heavy atom. The third kappa shape index (κ3) is 3.60. The first-order valence-electron chi connectivity index (χ1n) is 4.73. The van der Waals surface area contributed by atoms with Crippen LogP contribution in [0.3, 0.4) is 0 Å². The van der Waals surface area contributed by atoms with Gasteiger partial charge in [0.05, 0.1) is 5.38 Å². The average Bonchev–Trinajstić information content (AvgIpc) is 2.20. The summed E-state index contributed by atoms with van der Waals surface area (Å²) in [7, 11) is 0. The molecule has 0 bridgehead atoms. The van der Waals surface area contributed by atoms with Crippen LogP contribution >= 0.6 is 11.6 Å². The molecule has 0 saturated carbocycles. The Morgan fingerprint density at radius 1 is 1.29 bits per heavy atom. The second-order valence-corrected chi connectivity index (χ2v) is 4.06. The standard InChI is InChI=1S/C12H9ClF2N.Y/c1-7-11(13)2-3-12(16-7)8-4-9(14)6-10(15)5-8;/h4-6,11,16H,1-2H2;/q-1;. The van der Waals surface area contributed by atoms with E-state index in [1.165, 1.54) is 12.1 Å². The van der Waals surface area contributed by atoms with Gasteiger partial charge in [-0.3, -0.25) is 0 Å². The molecule has 2 rings (SSSR count). The zero-order chi connectivity index (χ0) is 11.7. The van der Waals surface area contributed by atoms with E-state index in [-0.39, 0.29) is 38.1 Å². The van der Waals surface area contributed by atoms with Crippen LogP contribution in [0.4, 0.5) is 8.78 Å². The molecule has 1 aliphatic rings. The Bertz CT molecular complexity index is 453. The fraction of sp³-hybridized carbons (Fsp3) is 0.167. The zero-order valence-electron chi connectivity index (χ0n) is 8.93. The van der Waals surface area contributed by atoms with E-state index in [1.54, 1.807) is 0 Å². The van der Waals surface area contributed by atoms with Gasteiger partial charge < -0.3 is 5.32 Å². The molecule has 0 aromatic heterocycles. The first-order valence-corrected chi connectivity index (χ1v) is 5.17. The number of nitrogens with one attached hydrogen (secondary N) is 1. The molecule has 1 unspecified atom stereocenters. The molecule has 1 N–H and O–H groups in total. The molecule has 1 radical (unpaired) electrons. The number of hydrogen-bond acceptors (Lipinski definition) is 1. The summed E-state index contributed by atoms with van der Waals surface area (Å²) >= 11 is 5.90. The Hall–Kier alpha value is -0.246. The molecule has 1 aromatic carbocycles. The van der Waals surface area contributed by atoms with Crippen LogP contribution in [-0.2, 0) is 32.7 Å². The Labute approximate surface area is 129 Å². The van der Waals surface area contributed by atoms with Gasteiger partial charge in [-0.05, 0) is 0 Å². The molecule has 5 heteroatoms. The van der Waals surface area contributed by atoms with E-state index >= 15 is 0 Å². The van der Waals surface area contributed by atoms with Crippen molar-refractivity contribution in [1.82, 2.24) is 5.32 Å². The minimum absolute atomic E-state index is 0. The van der Waals surface area contributed by atoms with Gasteiger partial charge in [0.25, 0.3) is 0 Å². The predicted octanol–water partition coefficient (Wildman–Crippen LogP) is 3.22. The van der Waals surface area contributed by atoms with Gasteiger partial charge in [0.15, 0.2) is 0 Å². The monoisotopic (exact) mass is 329 g/mol. The molecule has 0 aliphatic carbocycles. The second-order valence-electron chi connectivity index (χ2n) is 3.53. The number of allylic oxidation sites excluding steroid dienone is 2. The molecular formula is C12H9ClF2NY-. The fourth-order valence-electron chi connectivity index (χ4n) is 1.47. The van der Waals surface area contributed by atoms with Gasteiger partial charge in [-0.25, -0.2) is 14.9 Å². The minimum Gasteiger partial charge on any atom is -0.392 e. The quantitative estimate of drug-likeness (QED) is 0.616. The predicted molar refractivity (Wildman–Crippen MR) is 59.5 cm³/mol. The van der Waals surface area contributed by atoms with Crippen molar-refractivity contribution in [3.05, 3.63) is 53.7 Å². The Balaban J connectivity index is 0.00000144. The normalized spacial score (nSPS) is 19.1. The third-order valence-corrected chi connectivity index (χ3v) is 2.69. The van der Waals surface area contributed by atoms with E-state index in [0.29, 0.717) is 23.4 Å². The van der Waals surface area contributed by atoms with Gasteiger partial charge in [-0.2, -0.15) is 0 Å². The molecular weight excluding hydrogens is 320 g/mol. The maximum absolute atomic E-state index is 13.0. The maximum Gasteiger partial charge on any atom is 0.109 e. The molecule has 1 heterocycles. The van der Waals surface area contributed by atoms with E-state index in [4.69, 9.17) is 11.6 Å². The molecule has 87 valence electrons. The number of rotatable bonds is 1. The Morgan fingerprint density at radius 2 is 1.88 bits per heavy atom. The summed E-state index contributed by atoms with van der Waals surface area (Å²) in [6.45, 7) is 3.72. The summed E-state index contributed by atoms with van der Waals surface area (Å²) in [4.78, 5) is 0. The number of alkyl halides is 1. The second kappa shape index (κ2) is 6.08. The molecule has 1 atom stereocenters. The van der Waals surface area contributed by atoms with Crippen LogP contribution in [-0.4, -0.2) is 5.38 Å². The van der Waals surface area contributed by atoms with Crippen LogP contribution in [0.2, 0.25) is 0 Å². The number of hydrogen-bond donors (Lipinski definition) is 1. The summed E-state index contributed by atoms with van der Waals surface area (Å²) < 4.78 is 26.0. The molecule has 0 amide bonds. The van der Waals surface area contributed by atoms with E-state index in [9.17, 15) is 8.78 Å². The topological polar surface area (TPSA) is 12.0 Å². The Kier molecular flexibility index (Phi) is 5.30. The number of benzene rings is 1. The first-order chi connectivity index (χ1) is 7.56. The van der Waals surface area contributed by atoms with Gasteiger partial charge in [0, 0.05) is 44.5 Å². The van der Waals surface area contributed by atoms with Crippen LogP contribution < -0.4 is 5.32 Å². The van der Waals surface area contributed by atoms with Crippen molar-refractivity contribution in [2.75, 3.05) is 0 Å².